The molecule has 0 aromatic carbocycles. The van der Waals surface area contributed by atoms with E-state index in [0.29, 0.717) is 0 Å². The molecule has 0 unspecified atom stereocenters. The molecular formula is C4H6BF3N2. The Balaban J connectivity index is 0.000000180. The highest BCUT2D eigenvalue weighted by atomic mass is 19.4. The summed E-state index contributed by atoms with van der Waals surface area (Å²) >= 11 is 0. The molecular weight excluding hydrogens is 144 g/mol. The van der Waals surface area contributed by atoms with E-state index in [-0.39, 0.29) is 0 Å². The van der Waals surface area contributed by atoms with E-state index in [1.54, 1.807) is 12.5 Å². The molecule has 2 nitrogen and oxygen atoms in total. The Morgan fingerprint density at radius 3 is 2.00 bits per heavy atom. The van der Waals surface area contributed by atoms with Crippen LogP contribution in [0.15, 0.2) is 18.7 Å². The van der Waals surface area contributed by atoms with E-state index in [0.717, 1.165) is 0 Å². The van der Waals surface area contributed by atoms with Gasteiger partial charge in [-0.2, -0.15) is 0 Å². The van der Waals surface area contributed by atoms with E-state index in [1.807, 2.05) is 17.8 Å². The van der Waals surface area contributed by atoms with Crippen molar-refractivity contribution < 1.29 is 12.9 Å². The summed E-state index contributed by atoms with van der Waals surface area (Å²) in [5.41, 5.74) is 0. The van der Waals surface area contributed by atoms with E-state index >= 15 is 0 Å². The molecule has 0 N–H and O–H groups in total. The molecule has 0 amide bonds. The van der Waals surface area contributed by atoms with Gasteiger partial charge in [0.2, 0.25) is 0 Å². The Labute approximate surface area is 56.9 Å². The Hall–Kier alpha value is -0.935. The van der Waals surface area contributed by atoms with E-state index in [9.17, 15) is 12.9 Å². The molecule has 0 saturated heterocycles. The maximum atomic E-state index is 9.67. The van der Waals surface area contributed by atoms with Gasteiger partial charge in [-0.15, -0.1) is 0 Å². The molecule has 0 atom stereocenters. The molecule has 0 aliphatic carbocycles. The molecule has 1 rings (SSSR count). The summed E-state index contributed by atoms with van der Waals surface area (Å²) in [5, 5.41) is 0. The molecule has 1 heterocycles. The van der Waals surface area contributed by atoms with Crippen LogP contribution in [0.3, 0.4) is 0 Å². The zero-order chi connectivity index (χ0) is 7.98. The van der Waals surface area contributed by atoms with Gasteiger partial charge in [-0.05, 0) is 0 Å². The average Bonchev–Trinajstić information content (AvgIpc) is 2.15. The maximum Gasteiger partial charge on any atom is 0.762 e. The second kappa shape index (κ2) is 4.90. The highest BCUT2D eigenvalue weighted by molar-refractivity contribution is 6.33. The topological polar surface area (TPSA) is 17.8 Å². The lowest BCUT2D eigenvalue weighted by atomic mass is 10.5. The Morgan fingerprint density at radius 1 is 1.40 bits per heavy atom. The molecule has 6 heteroatoms. The number of hydrogen-bond acceptors (Lipinski definition) is 1. The maximum absolute atomic E-state index is 9.67. The highest BCUT2D eigenvalue weighted by Gasteiger charge is 2.06. The van der Waals surface area contributed by atoms with Crippen molar-refractivity contribution >= 4 is 7.54 Å². The van der Waals surface area contributed by atoms with Crippen LogP contribution < -0.4 is 0 Å². The second-order valence-corrected chi connectivity index (χ2v) is 1.48. The Kier molecular flexibility index (Phi) is 4.44. The number of aromatic nitrogens is 2. The van der Waals surface area contributed by atoms with Crippen molar-refractivity contribution in [1.29, 1.82) is 0 Å². The summed E-state index contributed by atoms with van der Waals surface area (Å²) in [5.74, 6) is 0. The lowest BCUT2D eigenvalue weighted by molar-refractivity contribution is 0.535. The third kappa shape index (κ3) is 7.06. The second-order valence-electron chi connectivity index (χ2n) is 1.48. The predicted octanol–water partition coefficient (Wildman–Crippen LogP) is 1.30. The number of nitrogens with zero attached hydrogens (tertiary/aromatic N) is 2. The van der Waals surface area contributed by atoms with Crippen LogP contribution in [-0.2, 0) is 7.05 Å². The first kappa shape index (κ1) is 9.06. The molecule has 0 bridgehead atoms. The third-order valence-corrected chi connectivity index (χ3v) is 0.637. The van der Waals surface area contributed by atoms with Gasteiger partial charge in [0.1, 0.15) is 0 Å². The largest absolute Gasteiger partial charge is 0.762 e. The normalized spacial score (nSPS) is 8.00. The van der Waals surface area contributed by atoms with Crippen molar-refractivity contribution in [3.8, 4) is 0 Å². The summed E-state index contributed by atoms with van der Waals surface area (Å²) in [4.78, 5) is 3.78. The lowest BCUT2D eigenvalue weighted by Gasteiger charge is -1.76. The zero-order valence-electron chi connectivity index (χ0n) is 5.34. The fourth-order valence-electron chi connectivity index (χ4n) is 0.326. The first-order chi connectivity index (χ1) is 4.63. The van der Waals surface area contributed by atoms with Gasteiger partial charge in [0, 0.05) is 19.4 Å². The third-order valence-electron chi connectivity index (χ3n) is 0.637. The molecule has 56 valence electrons. The van der Waals surface area contributed by atoms with Gasteiger partial charge in [0.15, 0.2) is 0 Å². The first-order valence-corrected chi connectivity index (χ1v) is 2.47. The van der Waals surface area contributed by atoms with Gasteiger partial charge >= 0.3 is 7.54 Å². The summed E-state index contributed by atoms with van der Waals surface area (Å²) in [6.45, 7) is 0. The zero-order valence-corrected chi connectivity index (χ0v) is 5.34. The molecule has 1 aromatic rings. The highest BCUT2D eigenvalue weighted by Crippen LogP contribution is 1.80. The van der Waals surface area contributed by atoms with Gasteiger partial charge in [-0.3, -0.25) is 12.9 Å². The standard InChI is InChI=1S/C4H6N2.BF3/c1-6-3-2-5-4-6;2-1(3)4/h2-4H,1H3;. The molecule has 0 aliphatic rings. The Bertz CT molecular complexity index is 151. The van der Waals surface area contributed by atoms with Crippen LogP contribution in [0.5, 0.6) is 0 Å². The van der Waals surface area contributed by atoms with E-state index < -0.39 is 7.54 Å². The number of rotatable bonds is 0. The molecule has 0 fully saturated rings. The van der Waals surface area contributed by atoms with Crippen molar-refractivity contribution in [2.24, 2.45) is 7.05 Å². The first-order valence-electron chi connectivity index (χ1n) is 2.47. The van der Waals surface area contributed by atoms with Crippen LogP contribution >= 0.6 is 0 Å². The number of halogens is 3. The van der Waals surface area contributed by atoms with Gasteiger partial charge in [-0.25, -0.2) is 4.98 Å². The number of imidazole rings is 1. The lowest BCUT2D eigenvalue weighted by Crippen LogP contribution is -1.76. The summed E-state index contributed by atoms with van der Waals surface area (Å²) in [6, 6.07) is 0. The van der Waals surface area contributed by atoms with Crippen LogP contribution in [0.2, 0.25) is 0 Å². The van der Waals surface area contributed by atoms with Crippen molar-refractivity contribution in [1.82, 2.24) is 9.55 Å². The smallest absolute Gasteiger partial charge is 0.341 e. The van der Waals surface area contributed by atoms with Crippen LogP contribution in [0.1, 0.15) is 0 Å². The minimum atomic E-state index is -3.67. The molecule has 0 radical (unpaired) electrons. The van der Waals surface area contributed by atoms with Crippen LogP contribution in [0, 0.1) is 0 Å². The van der Waals surface area contributed by atoms with Crippen molar-refractivity contribution in [3.05, 3.63) is 18.7 Å². The van der Waals surface area contributed by atoms with Crippen molar-refractivity contribution in [3.63, 3.8) is 0 Å². The summed E-state index contributed by atoms with van der Waals surface area (Å²) < 4.78 is 30.9. The minimum Gasteiger partial charge on any atom is -0.341 e. The molecule has 1 aromatic heterocycles. The SMILES string of the molecule is Cn1ccnc1.FB(F)F. The number of aryl methyl sites for hydroxylation is 1. The van der Waals surface area contributed by atoms with Gasteiger partial charge in [0.05, 0.1) is 6.33 Å². The quantitative estimate of drug-likeness (QED) is 0.509. The minimum absolute atomic E-state index is 1.75. The fourth-order valence-corrected chi connectivity index (χ4v) is 0.326. The van der Waals surface area contributed by atoms with Gasteiger partial charge in [0.25, 0.3) is 0 Å². The predicted molar refractivity (Wildman–Crippen MR) is 32.3 cm³/mol. The van der Waals surface area contributed by atoms with Crippen molar-refractivity contribution in [2.75, 3.05) is 0 Å². The molecule has 0 spiro atoms. The van der Waals surface area contributed by atoms with Gasteiger partial charge in [-0.1, -0.05) is 0 Å². The van der Waals surface area contributed by atoms with Crippen LogP contribution in [0.4, 0.5) is 12.9 Å². The van der Waals surface area contributed by atoms with Crippen molar-refractivity contribution in [2.45, 2.75) is 0 Å². The van der Waals surface area contributed by atoms with Crippen LogP contribution in [0.25, 0.3) is 0 Å². The average molecular weight is 150 g/mol. The van der Waals surface area contributed by atoms with Gasteiger partial charge < -0.3 is 4.57 Å². The summed E-state index contributed by atoms with van der Waals surface area (Å²) in [7, 11) is -1.73. The molecule has 0 aliphatic heterocycles. The molecule has 10 heavy (non-hydrogen) atoms. The van der Waals surface area contributed by atoms with Crippen LogP contribution in [-0.4, -0.2) is 17.1 Å². The van der Waals surface area contributed by atoms with E-state index in [2.05, 4.69) is 4.98 Å². The fraction of sp³-hybridized carbons (Fsp3) is 0.250. The summed E-state index contributed by atoms with van der Waals surface area (Å²) in [6.07, 6.45) is 5.39. The number of hydrogen-bond donors (Lipinski definition) is 0. The Morgan fingerprint density at radius 2 is 1.90 bits per heavy atom. The molecule has 0 saturated carbocycles. The van der Waals surface area contributed by atoms with E-state index in [4.69, 9.17) is 0 Å². The monoisotopic (exact) mass is 150 g/mol. The van der Waals surface area contributed by atoms with E-state index in [1.165, 1.54) is 0 Å².